The van der Waals surface area contributed by atoms with Gasteiger partial charge in [0.25, 0.3) is 5.69 Å². The van der Waals surface area contributed by atoms with Gasteiger partial charge in [0, 0.05) is 25.2 Å². The molecular weight excluding hydrogens is 402 g/mol. The molecule has 0 fully saturated rings. The molecule has 0 saturated heterocycles. The van der Waals surface area contributed by atoms with Crippen LogP contribution in [-0.2, 0) is 11.3 Å². The van der Waals surface area contributed by atoms with Gasteiger partial charge in [-0.05, 0) is 49.2 Å². The van der Waals surface area contributed by atoms with Crippen molar-refractivity contribution in [2.45, 2.75) is 32.7 Å². The Labute approximate surface area is 182 Å². The second-order valence-corrected chi connectivity index (χ2v) is 7.41. The van der Waals surface area contributed by atoms with Crippen LogP contribution in [0.2, 0.25) is 5.02 Å². The van der Waals surface area contributed by atoms with Crippen LogP contribution in [-0.4, -0.2) is 35.4 Å². The van der Waals surface area contributed by atoms with Gasteiger partial charge in [0.1, 0.15) is 5.02 Å². The van der Waals surface area contributed by atoms with Crippen LogP contribution in [0.5, 0.6) is 0 Å². The van der Waals surface area contributed by atoms with Crippen LogP contribution in [0.25, 0.3) is 6.08 Å². The lowest BCUT2D eigenvalue weighted by molar-refractivity contribution is -0.384. The molecule has 0 atom stereocenters. The van der Waals surface area contributed by atoms with Crippen molar-refractivity contribution < 1.29 is 9.72 Å². The molecule has 0 aliphatic heterocycles. The predicted octanol–water partition coefficient (Wildman–Crippen LogP) is 5.07. The molecule has 0 radical (unpaired) electrons. The first-order valence-corrected chi connectivity index (χ1v) is 10.5. The Morgan fingerprint density at radius 3 is 2.63 bits per heavy atom. The van der Waals surface area contributed by atoms with Crippen LogP contribution in [0.3, 0.4) is 0 Å². The lowest BCUT2D eigenvalue weighted by atomic mass is 10.2. The Balaban J connectivity index is 1.64. The smallest absolute Gasteiger partial charge is 0.288 e. The summed E-state index contributed by atoms with van der Waals surface area (Å²) in [4.78, 5) is 24.7. The maximum Gasteiger partial charge on any atom is 0.288 e. The molecule has 1 amide bonds. The Hall–Kier alpha value is -2.70. The van der Waals surface area contributed by atoms with Crippen molar-refractivity contribution in [2.24, 2.45) is 0 Å². The molecule has 7 heteroatoms. The summed E-state index contributed by atoms with van der Waals surface area (Å²) in [6.07, 6.45) is 5.96. The van der Waals surface area contributed by atoms with Gasteiger partial charge in [-0.15, -0.1) is 0 Å². The predicted molar refractivity (Wildman–Crippen MR) is 121 cm³/mol. The van der Waals surface area contributed by atoms with Gasteiger partial charge < -0.3 is 5.32 Å². The van der Waals surface area contributed by atoms with E-state index in [1.54, 1.807) is 12.1 Å². The van der Waals surface area contributed by atoms with E-state index in [1.807, 2.05) is 6.07 Å². The van der Waals surface area contributed by atoms with Gasteiger partial charge >= 0.3 is 0 Å². The molecule has 0 heterocycles. The largest absolute Gasteiger partial charge is 0.353 e. The van der Waals surface area contributed by atoms with Crippen molar-refractivity contribution in [1.29, 1.82) is 0 Å². The normalized spacial score (nSPS) is 11.2. The number of carbonyl (C=O) groups excluding carboxylic acids is 1. The average molecular weight is 430 g/mol. The van der Waals surface area contributed by atoms with Crippen molar-refractivity contribution in [3.8, 4) is 0 Å². The average Bonchev–Trinajstić information content (AvgIpc) is 2.75. The van der Waals surface area contributed by atoms with Crippen molar-refractivity contribution in [3.63, 3.8) is 0 Å². The lowest BCUT2D eigenvalue weighted by Crippen LogP contribution is -2.25. The van der Waals surface area contributed by atoms with Crippen LogP contribution in [0.1, 0.15) is 37.3 Å². The van der Waals surface area contributed by atoms with Gasteiger partial charge in [-0.2, -0.15) is 0 Å². The third-order valence-corrected chi connectivity index (χ3v) is 5.06. The van der Waals surface area contributed by atoms with Gasteiger partial charge in [-0.25, -0.2) is 0 Å². The molecule has 6 nitrogen and oxygen atoms in total. The van der Waals surface area contributed by atoms with E-state index in [-0.39, 0.29) is 16.6 Å². The van der Waals surface area contributed by atoms with Crippen molar-refractivity contribution in [1.82, 2.24) is 10.2 Å². The number of carbonyl (C=O) groups is 1. The van der Waals surface area contributed by atoms with E-state index in [9.17, 15) is 14.9 Å². The van der Waals surface area contributed by atoms with Crippen molar-refractivity contribution in [3.05, 3.63) is 80.9 Å². The Kier molecular flexibility index (Phi) is 10.0. The van der Waals surface area contributed by atoms with E-state index in [1.165, 1.54) is 23.8 Å². The standard InChI is InChI=1S/C23H28ClN3O3/c1-2-26(18-20-9-5-3-6-10-20)16-8-4-7-15-25-23(28)14-12-19-11-13-21(24)22(17-19)27(29)30/h3,5-6,9-14,17H,2,4,7-8,15-16,18H2,1H3,(H,25,28)/b14-12+. The molecule has 30 heavy (non-hydrogen) atoms. The second kappa shape index (κ2) is 12.8. The van der Waals surface area contributed by atoms with Gasteiger partial charge in [0.05, 0.1) is 4.92 Å². The number of rotatable bonds is 12. The van der Waals surface area contributed by atoms with E-state index in [0.717, 1.165) is 38.9 Å². The minimum atomic E-state index is -0.542. The maximum atomic E-state index is 11.9. The summed E-state index contributed by atoms with van der Waals surface area (Å²) >= 11 is 5.79. The molecule has 2 aromatic carbocycles. The number of hydrogen-bond acceptors (Lipinski definition) is 4. The minimum absolute atomic E-state index is 0.0759. The fourth-order valence-corrected chi connectivity index (χ4v) is 3.23. The summed E-state index contributed by atoms with van der Waals surface area (Å²) in [5.41, 5.74) is 1.70. The third kappa shape index (κ3) is 8.35. The Morgan fingerprint density at radius 1 is 1.17 bits per heavy atom. The van der Waals surface area contributed by atoms with Crippen LogP contribution >= 0.6 is 11.6 Å². The molecule has 2 aromatic rings. The number of nitro groups is 1. The number of benzene rings is 2. The molecule has 0 bridgehead atoms. The molecule has 0 unspecified atom stereocenters. The number of nitrogens with zero attached hydrogens (tertiary/aromatic N) is 2. The molecule has 2 rings (SSSR count). The summed E-state index contributed by atoms with van der Waals surface area (Å²) in [5.74, 6) is -0.216. The van der Waals surface area contributed by atoms with Crippen LogP contribution in [0.15, 0.2) is 54.6 Å². The monoisotopic (exact) mass is 429 g/mol. The van der Waals surface area contributed by atoms with Crippen LogP contribution < -0.4 is 5.32 Å². The zero-order valence-corrected chi connectivity index (χ0v) is 18.0. The number of halogens is 1. The zero-order chi connectivity index (χ0) is 21.8. The summed E-state index contributed by atoms with van der Waals surface area (Å²) < 4.78 is 0. The van der Waals surface area contributed by atoms with Crippen LogP contribution in [0.4, 0.5) is 5.69 Å². The lowest BCUT2D eigenvalue weighted by Gasteiger charge is -2.20. The van der Waals surface area contributed by atoms with E-state index in [4.69, 9.17) is 11.6 Å². The fourth-order valence-electron chi connectivity index (χ4n) is 3.04. The molecule has 0 aliphatic carbocycles. The van der Waals surface area contributed by atoms with E-state index in [0.29, 0.717) is 12.1 Å². The minimum Gasteiger partial charge on any atom is -0.353 e. The second-order valence-electron chi connectivity index (χ2n) is 7.01. The zero-order valence-electron chi connectivity index (χ0n) is 17.2. The first-order valence-electron chi connectivity index (χ1n) is 10.2. The number of nitro benzene ring substituents is 1. The quantitative estimate of drug-likeness (QED) is 0.221. The van der Waals surface area contributed by atoms with Gasteiger partial charge in [0.15, 0.2) is 0 Å². The number of hydrogen-bond donors (Lipinski definition) is 1. The van der Waals surface area contributed by atoms with Crippen LogP contribution in [0, 0.1) is 10.1 Å². The molecule has 0 aliphatic rings. The third-order valence-electron chi connectivity index (χ3n) is 4.74. The summed E-state index contributed by atoms with van der Waals surface area (Å²) in [7, 11) is 0. The molecule has 0 aromatic heterocycles. The summed E-state index contributed by atoms with van der Waals surface area (Å²) in [6.45, 7) is 5.79. The number of amides is 1. The number of nitrogens with one attached hydrogen (secondary N) is 1. The Morgan fingerprint density at radius 2 is 1.93 bits per heavy atom. The fraction of sp³-hybridized carbons (Fsp3) is 0.348. The van der Waals surface area contributed by atoms with Gasteiger partial charge in [-0.3, -0.25) is 19.8 Å². The Bertz CT molecular complexity index is 856. The van der Waals surface area contributed by atoms with Gasteiger partial charge in [-0.1, -0.05) is 61.3 Å². The topological polar surface area (TPSA) is 75.5 Å². The molecule has 0 spiro atoms. The highest BCUT2D eigenvalue weighted by molar-refractivity contribution is 6.32. The summed E-state index contributed by atoms with van der Waals surface area (Å²) in [5, 5.41) is 13.8. The van der Waals surface area contributed by atoms with E-state index < -0.39 is 4.92 Å². The highest BCUT2D eigenvalue weighted by Crippen LogP contribution is 2.25. The molecular formula is C23H28ClN3O3. The molecule has 0 saturated carbocycles. The molecule has 1 N–H and O–H groups in total. The van der Waals surface area contributed by atoms with Gasteiger partial charge in [0.2, 0.25) is 5.91 Å². The summed E-state index contributed by atoms with van der Waals surface area (Å²) in [6, 6.07) is 14.9. The van der Waals surface area contributed by atoms with E-state index in [2.05, 4.69) is 41.4 Å². The first kappa shape index (κ1) is 23.6. The SMILES string of the molecule is CCN(CCCCCNC(=O)/C=C/c1ccc(Cl)c([N+](=O)[O-])c1)Cc1ccccc1. The van der Waals surface area contributed by atoms with E-state index >= 15 is 0 Å². The maximum absolute atomic E-state index is 11.9. The first-order chi connectivity index (χ1) is 14.5. The van der Waals surface area contributed by atoms with Crippen molar-refractivity contribution in [2.75, 3.05) is 19.6 Å². The highest BCUT2D eigenvalue weighted by atomic mass is 35.5. The number of unbranched alkanes of at least 4 members (excludes halogenated alkanes) is 2. The molecule has 160 valence electrons. The highest BCUT2D eigenvalue weighted by Gasteiger charge is 2.11. The van der Waals surface area contributed by atoms with Crippen molar-refractivity contribution >= 4 is 29.3 Å².